The molecule has 1 heterocycles. The van der Waals surface area contributed by atoms with Crippen LogP contribution in [0.2, 0.25) is 0 Å². The van der Waals surface area contributed by atoms with Gasteiger partial charge in [0.1, 0.15) is 0 Å². The molecule has 13 heavy (non-hydrogen) atoms. The van der Waals surface area contributed by atoms with Crippen LogP contribution in [0.15, 0.2) is 33.9 Å². The minimum atomic E-state index is 0.108. The van der Waals surface area contributed by atoms with Crippen LogP contribution in [0.5, 0.6) is 0 Å². The van der Waals surface area contributed by atoms with Crippen LogP contribution in [-0.2, 0) is 0 Å². The molecule has 0 saturated heterocycles. The van der Waals surface area contributed by atoms with Crippen LogP contribution in [0.1, 0.15) is 11.1 Å². The molecule has 2 heteroatoms. The molecule has 0 spiro atoms. The molecule has 0 atom stereocenters. The van der Waals surface area contributed by atoms with Crippen LogP contribution in [0, 0.1) is 13.8 Å². The van der Waals surface area contributed by atoms with Gasteiger partial charge in [-0.2, -0.15) is 0 Å². The van der Waals surface area contributed by atoms with Gasteiger partial charge in [-0.15, -0.1) is 0 Å². The van der Waals surface area contributed by atoms with Crippen molar-refractivity contribution in [2.75, 3.05) is 0 Å². The first kappa shape index (κ1) is 8.05. The van der Waals surface area contributed by atoms with Gasteiger partial charge in [-0.25, -0.2) is 0 Å². The Morgan fingerprint density at radius 1 is 1.00 bits per heavy atom. The Hall–Kier alpha value is -1.57. The summed E-state index contributed by atoms with van der Waals surface area (Å²) >= 11 is 0. The van der Waals surface area contributed by atoms with Crippen molar-refractivity contribution in [1.82, 2.24) is 0 Å². The third-order valence-electron chi connectivity index (χ3n) is 2.18. The Morgan fingerprint density at radius 3 is 1.92 bits per heavy atom. The van der Waals surface area contributed by atoms with Gasteiger partial charge in [0.2, 0.25) is 0 Å². The number of hydrogen-bond acceptors (Lipinski definition) is 2. The fourth-order valence-electron chi connectivity index (χ4n) is 1.46. The van der Waals surface area contributed by atoms with Crippen molar-refractivity contribution in [2.24, 2.45) is 0 Å². The van der Waals surface area contributed by atoms with Gasteiger partial charge in [-0.3, -0.25) is 4.79 Å². The standard InChI is InChI=1S/C11H10O2/c1-7-3-9-5-13-6-10(9)4-8(2)11(7)12/h3-6H,1-2H3. The number of hydrogen-bond donors (Lipinski definition) is 0. The van der Waals surface area contributed by atoms with Crippen molar-refractivity contribution in [3.05, 3.63) is 46.0 Å². The van der Waals surface area contributed by atoms with E-state index in [1.165, 1.54) is 0 Å². The molecule has 0 amide bonds. The quantitative estimate of drug-likeness (QED) is 0.614. The van der Waals surface area contributed by atoms with Gasteiger partial charge in [-0.1, -0.05) is 0 Å². The average molecular weight is 174 g/mol. The first-order valence-electron chi connectivity index (χ1n) is 4.16. The van der Waals surface area contributed by atoms with Gasteiger partial charge in [0, 0.05) is 10.8 Å². The molecule has 2 rings (SSSR count). The van der Waals surface area contributed by atoms with Crippen LogP contribution < -0.4 is 5.43 Å². The van der Waals surface area contributed by atoms with Crippen molar-refractivity contribution in [1.29, 1.82) is 0 Å². The Kier molecular flexibility index (Phi) is 1.69. The van der Waals surface area contributed by atoms with E-state index in [0.29, 0.717) is 0 Å². The smallest absolute Gasteiger partial charge is 0.184 e. The van der Waals surface area contributed by atoms with E-state index in [2.05, 4.69) is 0 Å². The summed E-state index contributed by atoms with van der Waals surface area (Å²) in [5.41, 5.74) is 1.62. The van der Waals surface area contributed by atoms with E-state index in [1.807, 2.05) is 26.0 Å². The summed E-state index contributed by atoms with van der Waals surface area (Å²) in [5, 5.41) is 1.95. The first-order valence-corrected chi connectivity index (χ1v) is 4.16. The molecule has 0 aliphatic carbocycles. The van der Waals surface area contributed by atoms with Gasteiger partial charge in [0.25, 0.3) is 0 Å². The van der Waals surface area contributed by atoms with Crippen LogP contribution in [0.3, 0.4) is 0 Å². The van der Waals surface area contributed by atoms with Crippen molar-refractivity contribution in [2.45, 2.75) is 13.8 Å². The molecule has 0 fully saturated rings. The van der Waals surface area contributed by atoms with Crippen molar-refractivity contribution < 1.29 is 4.42 Å². The van der Waals surface area contributed by atoms with E-state index in [9.17, 15) is 4.79 Å². The molecule has 0 aliphatic rings. The second-order valence-electron chi connectivity index (χ2n) is 3.27. The third kappa shape index (κ3) is 1.24. The lowest BCUT2D eigenvalue weighted by Gasteiger charge is -1.82. The van der Waals surface area contributed by atoms with E-state index in [0.717, 1.165) is 21.9 Å². The Morgan fingerprint density at radius 2 is 1.46 bits per heavy atom. The maximum absolute atomic E-state index is 11.5. The molecule has 1 aromatic carbocycles. The van der Waals surface area contributed by atoms with Crippen molar-refractivity contribution >= 4 is 10.8 Å². The van der Waals surface area contributed by atoms with E-state index >= 15 is 0 Å². The summed E-state index contributed by atoms with van der Waals surface area (Å²) in [6, 6.07) is 3.71. The van der Waals surface area contributed by atoms with Crippen LogP contribution in [0.4, 0.5) is 0 Å². The predicted octanol–water partition coefficient (Wildman–Crippen LogP) is 2.41. The highest BCUT2D eigenvalue weighted by Crippen LogP contribution is 2.14. The molecule has 0 aliphatic heterocycles. The summed E-state index contributed by atoms with van der Waals surface area (Å²) in [7, 11) is 0. The molecular weight excluding hydrogens is 164 g/mol. The lowest BCUT2D eigenvalue weighted by molar-refractivity contribution is 0.572. The number of rotatable bonds is 0. The molecule has 0 radical (unpaired) electrons. The highest BCUT2D eigenvalue weighted by atomic mass is 16.3. The predicted molar refractivity (Wildman–Crippen MR) is 52.0 cm³/mol. The molecule has 0 bridgehead atoms. The van der Waals surface area contributed by atoms with Gasteiger partial charge < -0.3 is 4.42 Å². The molecule has 0 N–H and O–H groups in total. The third-order valence-corrected chi connectivity index (χ3v) is 2.18. The van der Waals surface area contributed by atoms with Crippen LogP contribution in [-0.4, -0.2) is 0 Å². The Bertz CT molecular complexity index is 466. The second kappa shape index (κ2) is 2.73. The average Bonchev–Trinajstić information content (AvgIpc) is 2.47. The number of aryl methyl sites for hydroxylation is 2. The summed E-state index contributed by atoms with van der Waals surface area (Å²) in [6.07, 6.45) is 3.31. The largest absolute Gasteiger partial charge is 0.471 e. The van der Waals surface area contributed by atoms with Crippen molar-refractivity contribution in [3.63, 3.8) is 0 Å². The Labute approximate surface area is 75.8 Å². The van der Waals surface area contributed by atoms with Gasteiger partial charge in [0.15, 0.2) is 5.43 Å². The zero-order valence-electron chi connectivity index (χ0n) is 7.63. The maximum Gasteiger partial charge on any atom is 0.184 e. The highest BCUT2D eigenvalue weighted by molar-refractivity contribution is 5.81. The van der Waals surface area contributed by atoms with Crippen LogP contribution >= 0.6 is 0 Å². The van der Waals surface area contributed by atoms with E-state index in [4.69, 9.17) is 4.42 Å². The summed E-state index contributed by atoms with van der Waals surface area (Å²) in [4.78, 5) is 11.5. The van der Waals surface area contributed by atoms with Gasteiger partial charge >= 0.3 is 0 Å². The summed E-state index contributed by atoms with van der Waals surface area (Å²) in [6.45, 7) is 3.64. The zero-order valence-corrected chi connectivity index (χ0v) is 7.63. The van der Waals surface area contributed by atoms with Crippen molar-refractivity contribution in [3.8, 4) is 0 Å². The maximum atomic E-state index is 11.5. The van der Waals surface area contributed by atoms with E-state index in [-0.39, 0.29) is 5.43 Å². The Balaban J connectivity index is 3.02. The van der Waals surface area contributed by atoms with Crippen LogP contribution in [0.25, 0.3) is 10.8 Å². The molecular formula is C11H10O2. The van der Waals surface area contributed by atoms with E-state index in [1.54, 1.807) is 12.5 Å². The molecule has 0 saturated carbocycles. The lowest BCUT2D eigenvalue weighted by Crippen LogP contribution is -2.03. The normalized spacial score (nSPS) is 10.6. The number of furan rings is 1. The summed E-state index contributed by atoms with van der Waals surface area (Å²) < 4.78 is 5.05. The topological polar surface area (TPSA) is 30.2 Å². The number of fused-ring (bicyclic) bond motifs is 1. The molecule has 1 aromatic heterocycles. The molecule has 0 unspecified atom stereocenters. The fraction of sp³-hybridized carbons (Fsp3) is 0.182. The molecule has 66 valence electrons. The first-order chi connectivity index (χ1) is 6.18. The fourth-order valence-corrected chi connectivity index (χ4v) is 1.46. The highest BCUT2D eigenvalue weighted by Gasteiger charge is 2.00. The minimum Gasteiger partial charge on any atom is -0.471 e. The lowest BCUT2D eigenvalue weighted by atomic mass is 10.2. The monoisotopic (exact) mass is 174 g/mol. The molecule has 2 nitrogen and oxygen atoms in total. The minimum absolute atomic E-state index is 0.108. The van der Waals surface area contributed by atoms with E-state index < -0.39 is 0 Å². The molecule has 2 aromatic rings. The summed E-state index contributed by atoms with van der Waals surface area (Å²) in [5.74, 6) is 0. The second-order valence-corrected chi connectivity index (χ2v) is 3.27. The van der Waals surface area contributed by atoms with Gasteiger partial charge in [0.05, 0.1) is 12.5 Å². The SMILES string of the molecule is Cc1cc2cocc2cc(C)c1=O. The zero-order chi connectivity index (χ0) is 9.42. The van der Waals surface area contributed by atoms with Gasteiger partial charge in [-0.05, 0) is 37.1 Å².